The minimum absolute atomic E-state index is 0.440. The van der Waals surface area contributed by atoms with E-state index in [1.165, 1.54) is 6.33 Å². The molecule has 0 saturated carbocycles. The molecule has 1 heterocycles. The van der Waals surface area contributed by atoms with Crippen LogP contribution >= 0.6 is 23.2 Å². The number of hydrogen-bond acceptors (Lipinski definition) is 5. The summed E-state index contributed by atoms with van der Waals surface area (Å²) in [7, 11) is 1.87. The van der Waals surface area contributed by atoms with E-state index >= 15 is 0 Å². The van der Waals surface area contributed by atoms with Gasteiger partial charge in [0.2, 0.25) is 0 Å². The van der Waals surface area contributed by atoms with Gasteiger partial charge in [-0.15, -0.1) is 0 Å². The molecule has 0 saturated heterocycles. The Morgan fingerprint density at radius 1 is 1.00 bits per heavy atom. The minimum atomic E-state index is 0.440. The summed E-state index contributed by atoms with van der Waals surface area (Å²) >= 11 is 12.0. The van der Waals surface area contributed by atoms with E-state index in [9.17, 15) is 0 Å². The predicted octanol–water partition coefficient (Wildman–Crippen LogP) is 4.88. The summed E-state index contributed by atoms with van der Waals surface area (Å²) in [6.45, 7) is 0. The Balaban J connectivity index is 1.91. The Morgan fingerprint density at radius 3 is 2.46 bits per heavy atom. The molecular weight excluding hydrogens is 345 g/mol. The molecule has 0 atom stereocenters. The first-order valence-corrected chi connectivity index (χ1v) is 7.92. The van der Waals surface area contributed by atoms with E-state index in [1.54, 1.807) is 12.1 Å². The second kappa shape index (κ2) is 6.95. The molecule has 0 aliphatic heterocycles. The lowest BCUT2D eigenvalue weighted by Crippen LogP contribution is -2.15. The van der Waals surface area contributed by atoms with Crippen molar-refractivity contribution in [3.63, 3.8) is 0 Å². The standard InChI is InChI=1S/C17H15Cl2N5/c1-24(14-4-2-3-12(19)9-14)17-15(20)16(21-10-22-17)23-13-7-5-11(18)6-8-13/h2-10H,20H2,1H3,(H,21,22,23). The second-order valence-corrected chi connectivity index (χ2v) is 6.00. The zero-order valence-electron chi connectivity index (χ0n) is 12.9. The number of nitrogen functional groups attached to an aromatic ring is 1. The van der Waals surface area contributed by atoms with Crippen LogP contribution in [0.1, 0.15) is 0 Å². The van der Waals surface area contributed by atoms with E-state index in [1.807, 2.05) is 48.3 Å². The third kappa shape index (κ3) is 3.53. The molecule has 0 amide bonds. The van der Waals surface area contributed by atoms with Crippen LogP contribution in [0.3, 0.4) is 0 Å². The number of nitrogens with one attached hydrogen (secondary N) is 1. The second-order valence-electron chi connectivity index (χ2n) is 5.13. The molecule has 24 heavy (non-hydrogen) atoms. The van der Waals surface area contributed by atoms with Gasteiger partial charge < -0.3 is 16.0 Å². The molecule has 0 unspecified atom stereocenters. The maximum Gasteiger partial charge on any atom is 0.161 e. The van der Waals surface area contributed by atoms with Gasteiger partial charge in [0.05, 0.1) is 0 Å². The summed E-state index contributed by atoms with van der Waals surface area (Å²) < 4.78 is 0. The zero-order chi connectivity index (χ0) is 17.1. The molecule has 0 fully saturated rings. The summed E-state index contributed by atoms with van der Waals surface area (Å²) in [6, 6.07) is 14.7. The van der Waals surface area contributed by atoms with Crippen molar-refractivity contribution in [2.24, 2.45) is 0 Å². The van der Waals surface area contributed by atoms with Crippen LogP contribution in [-0.2, 0) is 0 Å². The highest BCUT2D eigenvalue weighted by atomic mass is 35.5. The predicted molar refractivity (Wildman–Crippen MR) is 101 cm³/mol. The Hall–Kier alpha value is -2.50. The summed E-state index contributed by atoms with van der Waals surface area (Å²) in [4.78, 5) is 10.4. The number of benzene rings is 2. The van der Waals surface area contributed by atoms with Crippen molar-refractivity contribution in [3.8, 4) is 0 Å². The highest BCUT2D eigenvalue weighted by Crippen LogP contribution is 2.32. The SMILES string of the molecule is CN(c1cccc(Cl)c1)c1ncnc(Nc2ccc(Cl)cc2)c1N. The molecule has 0 bridgehead atoms. The van der Waals surface area contributed by atoms with Gasteiger partial charge in [-0.2, -0.15) is 0 Å². The molecule has 3 aromatic rings. The zero-order valence-corrected chi connectivity index (χ0v) is 14.4. The topological polar surface area (TPSA) is 67.1 Å². The van der Waals surface area contributed by atoms with E-state index in [0.29, 0.717) is 27.4 Å². The first-order chi connectivity index (χ1) is 11.5. The van der Waals surface area contributed by atoms with Crippen molar-refractivity contribution in [1.29, 1.82) is 0 Å². The van der Waals surface area contributed by atoms with Gasteiger partial charge in [-0.3, -0.25) is 0 Å². The number of rotatable bonds is 4. The van der Waals surface area contributed by atoms with Gasteiger partial charge in [0.25, 0.3) is 0 Å². The normalized spacial score (nSPS) is 10.5. The van der Waals surface area contributed by atoms with Gasteiger partial charge in [0, 0.05) is 28.5 Å². The largest absolute Gasteiger partial charge is 0.393 e. The van der Waals surface area contributed by atoms with Gasteiger partial charge >= 0.3 is 0 Å². The van der Waals surface area contributed by atoms with Crippen LogP contribution in [0, 0.1) is 0 Å². The van der Waals surface area contributed by atoms with Gasteiger partial charge in [-0.1, -0.05) is 29.3 Å². The van der Waals surface area contributed by atoms with Gasteiger partial charge in [-0.05, 0) is 42.5 Å². The number of aromatic nitrogens is 2. The third-order valence-electron chi connectivity index (χ3n) is 3.48. The van der Waals surface area contributed by atoms with Crippen molar-refractivity contribution >= 4 is 51.9 Å². The molecule has 0 aliphatic carbocycles. The van der Waals surface area contributed by atoms with Crippen LogP contribution in [0.15, 0.2) is 54.9 Å². The highest BCUT2D eigenvalue weighted by molar-refractivity contribution is 6.31. The fourth-order valence-corrected chi connectivity index (χ4v) is 2.54. The minimum Gasteiger partial charge on any atom is -0.393 e. The van der Waals surface area contributed by atoms with Gasteiger partial charge in [0.1, 0.15) is 12.0 Å². The molecule has 0 aliphatic rings. The quantitative estimate of drug-likeness (QED) is 0.694. The van der Waals surface area contributed by atoms with E-state index in [2.05, 4.69) is 15.3 Å². The molecular formula is C17H15Cl2N5. The maximum absolute atomic E-state index is 6.25. The molecule has 0 spiro atoms. The van der Waals surface area contributed by atoms with Crippen molar-refractivity contribution in [2.45, 2.75) is 0 Å². The Labute approximate surface area is 150 Å². The van der Waals surface area contributed by atoms with Crippen molar-refractivity contribution in [1.82, 2.24) is 9.97 Å². The number of halogens is 2. The lowest BCUT2D eigenvalue weighted by Gasteiger charge is -2.21. The highest BCUT2D eigenvalue weighted by Gasteiger charge is 2.14. The molecule has 3 N–H and O–H groups in total. The molecule has 2 aromatic carbocycles. The number of nitrogens with zero attached hydrogens (tertiary/aromatic N) is 3. The van der Waals surface area contributed by atoms with Crippen molar-refractivity contribution < 1.29 is 0 Å². The average molecular weight is 360 g/mol. The third-order valence-corrected chi connectivity index (χ3v) is 3.97. The van der Waals surface area contributed by atoms with E-state index in [0.717, 1.165) is 11.4 Å². The van der Waals surface area contributed by atoms with Crippen LogP contribution in [0.25, 0.3) is 0 Å². The molecule has 7 heteroatoms. The maximum atomic E-state index is 6.25. The fourth-order valence-electron chi connectivity index (χ4n) is 2.23. The molecule has 1 aromatic heterocycles. The monoisotopic (exact) mass is 359 g/mol. The van der Waals surface area contributed by atoms with Crippen LogP contribution in [-0.4, -0.2) is 17.0 Å². The van der Waals surface area contributed by atoms with Crippen molar-refractivity contribution in [2.75, 3.05) is 23.0 Å². The fraction of sp³-hybridized carbons (Fsp3) is 0.0588. The molecule has 0 radical (unpaired) electrons. The van der Waals surface area contributed by atoms with E-state index < -0.39 is 0 Å². The van der Waals surface area contributed by atoms with E-state index in [4.69, 9.17) is 28.9 Å². The van der Waals surface area contributed by atoms with Crippen molar-refractivity contribution in [3.05, 3.63) is 64.9 Å². The summed E-state index contributed by atoms with van der Waals surface area (Å²) in [5, 5.41) is 4.48. The number of nitrogens with two attached hydrogens (primary N) is 1. The Bertz CT molecular complexity index is 852. The smallest absolute Gasteiger partial charge is 0.161 e. The molecule has 5 nitrogen and oxygen atoms in total. The molecule has 122 valence electrons. The van der Waals surface area contributed by atoms with Crippen LogP contribution < -0.4 is 16.0 Å². The lowest BCUT2D eigenvalue weighted by molar-refractivity contribution is 1.09. The Kier molecular flexibility index (Phi) is 4.74. The number of hydrogen-bond donors (Lipinski definition) is 2. The summed E-state index contributed by atoms with van der Waals surface area (Å²) in [5.74, 6) is 1.11. The first-order valence-electron chi connectivity index (χ1n) is 7.17. The van der Waals surface area contributed by atoms with Crippen LogP contribution in [0.2, 0.25) is 10.0 Å². The molecule has 3 rings (SSSR count). The number of anilines is 5. The van der Waals surface area contributed by atoms with Crippen LogP contribution in [0.5, 0.6) is 0 Å². The Morgan fingerprint density at radius 2 is 1.75 bits per heavy atom. The lowest BCUT2D eigenvalue weighted by atomic mass is 10.2. The van der Waals surface area contributed by atoms with Gasteiger partial charge in [-0.25, -0.2) is 9.97 Å². The van der Waals surface area contributed by atoms with Gasteiger partial charge in [0.15, 0.2) is 11.6 Å². The summed E-state index contributed by atoms with van der Waals surface area (Å²) in [6.07, 6.45) is 1.46. The average Bonchev–Trinajstić information content (AvgIpc) is 2.58. The van der Waals surface area contributed by atoms with E-state index in [-0.39, 0.29) is 0 Å². The van der Waals surface area contributed by atoms with Crippen LogP contribution in [0.4, 0.5) is 28.7 Å². The first kappa shape index (κ1) is 16.4. The summed E-state index contributed by atoms with van der Waals surface area (Å²) in [5.41, 5.74) is 8.40.